The molecule has 0 spiro atoms. The number of hydrogen-bond donors (Lipinski definition) is 1. The predicted molar refractivity (Wildman–Crippen MR) is 105 cm³/mol. The van der Waals surface area contributed by atoms with Crippen LogP contribution in [0.4, 0.5) is 5.69 Å². The fraction of sp³-hybridized carbons (Fsp3) is 0.190. The van der Waals surface area contributed by atoms with Crippen molar-refractivity contribution in [1.82, 2.24) is 9.97 Å². The zero-order valence-corrected chi connectivity index (χ0v) is 15.7. The van der Waals surface area contributed by atoms with Gasteiger partial charge in [0, 0.05) is 25.2 Å². The van der Waals surface area contributed by atoms with Crippen molar-refractivity contribution in [3.63, 3.8) is 0 Å². The van der Waals surface area contributed by atoms with Gasteiger partial charge in [0.2, 0.25) is 0 Å². The molecule has 2 aromatic carbocycles. The first-order chi connectivity index (χ1) is 13.7. The Morgan fingerprint density at radius 1 is 1.04 bits per heavy atom. The van der Waals surface area contributed by atoms with Gasteiger partial charge in [-0.15, -0.1) is 0 Å². The van der Waals surface area contributed by atoms with Gasteiger partial charge in [0.05, 0.1) is 12.2 Å². The second kappa shape index (κ2) is 9.48. The number of amides is 1. The molecule has 7 heteroatoms. The van der Waals surface area contributed by atoms with E-state index in [1.807, 2.05) is 19.1 Å². The third-order valence-corrected chi connectivity index (χ3v) is 3.87. The van der Waals surface area contributed by atoms with Crippen LogP contribution < -0.4 is 14.8 Å². The fourth-order valence-corrected chi connectivity index (χ4v) is 2.49. The van der Waals surface area contributed by atoms with Gasteiger partial charge in [-0.05, 0) is 48.9 Å². The van der Waals surface area contributed by atoms with E-state index in [1.54, 1.807) is 55.9 Å². The molecular formula is C21H21N3O4. The molecule has 1 heterocycles. The Balaban J connectivity index is 1.71. The first kappa shape index (κ1) is 19.3. The van der Waals surface area contributed by atoms with Crippen LogP contribution in [0.1, 0.15) is 15.9 Å². The average Bonchev–Trinajstić information content (AvgIpc) is 2.71. The quantitative estimate of drug-likeness (QED) is 0.599. The normalized spacial score (nSPS) is 10.4. The minimum absolute atomic E-state index is 0.254. The standard InChI is InChI=1S/C21H21N3O4/c1-15-14-16(28-21-22-10-5-11-23-21)8-9-18(15)24-20(25)17-6-3-4-7-19(17)27-13-12-26-2/h3-11,14H,12-13H2,1-2H3,(H,24,25). The van der Waals surface area contributed by atoms with Gasteiger partial charge in [-0.3, -0.25) is 4.79 Å². The second-order valence-corrected chi connectivity index (χ2v) is 5.90. The maximum atomic E-state index is 12.7. The lowest BCUT2D eigenvalue weighted by Crippen LogP contribution is -2.15. The molecule has 0 fully saturated rings. The van der Waals surface area contributed by atoms with E-state index in [0.29, 0.717) is 36.0 Å². The molecule has 7 nitrogen and oxygen atoms in total. The number of carbonyl (C=O) groups is 1. The minimum Gasteiger partial charge on any atom is -0.490 e. The van der Waals surface area contributed by atoms with Crippen LogP contribution in [-0.2, 0) is 4.74 Å². The Kier molecular flexibility index (Phi) is 6.54. The van der Waals surface area contributed by atoms with Gasteiger partial charge in [0.25, 0.3) is 5.91 Å². The van der Waals surface area contributed by atoms with Gasteiger partial charge in [-0.1, -0.05) is 12.1 Å². The Hall–Kier alpha value is -3.45. The number of nitrogens with zero attached hydrogens (tertiary/aromatic N) is 2. The summed E-state index contributed by atoms with van der Waals surface area (Å²) in [6.07, 6.45) is 3.21. The number of hydrogen-bond acceptors (Lipinski definition) is 6. The molecule has 0 aliphatic rings. The molecule has 0 bridgehead atoms. The minimum atomic E-state index is -0.254. The van der Waals surface area contributed by atoms with Crippen LogP contribution in [0.25, 0.3) is 0 Å². The number of methoxy groups -OCH3 is 1. The lowest BCUT2D eigenvalue weighted by molar-refractivity contribution is 0.101. The van der Waals surface area contributed by atoms with Crippen LogP contribution in [-0.4, -0.2) is 36.2 Å². The monoisotopic (exact) mass is 379 g/mol. The summed E-state index contributed by atoms with van der Waals surface area (Å²) < 4.78 is 16.2. The molecule has 0 aliphatic heterocycles. The molecule has 0 atom stereocenters. The molecule has 28 heavy (non-hydrogen) atoms. The van der Waals surface area contributed by atoms with E-state index in [9.17, 15) is 4.79 Å². The van der Waals surface area contributed by atoms with Gasteiger partial charge < -0.3 is 19.5 Å². The Labute approximate surface area is 163 Å². The van der Waals surface area contributed by atoms with Gasteiger partial charge in [0.1, 0.15) is 18.1 Å². The zero-order chi connectivity index (χ0) is 19.8. The van der Waals surface area contributed by atoms with Gasteiger partial charge in [0.15, 0.2) is 0 Å². The SMILES string of the molecule is COCCOc1ccccc1C(=O)Nc1ccc(Oc2ncccn2)cc1C. The number of ether oxygens (including phenoxy) is 3. The molecule has 0 saturated carbocycles. The van der Waals surface area contributed by atoms with Crippen molar-refractivity contribution in [1.29, 1.82) is 0 Å². The van der Waals surface area contributed by atoms with E-state index < -0.39 is 0 Å². The van der Waals surface area contributed by atoms with Gasteiger partial charge >= 0.3 is 6.01 Å². The fourth-order valence-electron chi connectivity index (χ4n) is 2.49. The summed E-state index contributed by atoms with van der Waals surface area (Å²) in [5, 5.41) is 2.91. The number of benzene rings is 2. The van der Waals surface area contributed by atoms with Crippen molar-refractivity contribution < 1.29 is 19.0 Å². The van der Waals surface area contributed by atoms with Crippen LogP contribution in [0.15, 0.2) is 60.9 Å². The van der Waals surface area contributed by atoms with Gasteiger partial charge in [-0.2, -0.15) is 0 Å². The highest BCUT2D eigenvalue weighted by Gasteiger charge is 2.14. The molecule has 0 aliphatic carbocycles. The maximum absolute atomic E-state index is 12.7. The first-order valence-corrected chi connectivity index (χ1v) is 8.75. The zero-order valence-electron chi connectivity index (χ0n) is 15.7. The van der Waals surface area contributed by atoms with Crippen molar-refractivity contribution >= 4 is 11.6 Å². The summed E-state index contributed by atoms with van der Waals surface area (Å²) >= 11 is 0. The molecular weight excluding hydrogens is 358 g/mol. The van der Waals surface area contributed by atoms with Crippen LogP contribution in [0.5, 0.6) is 17.5 Å². The number of aromatic nitrogens is 2. The predicted octanol–water partition coefficient (Wildman–Crippen LogP) is 3.85. The number of para-hydroxylation sites is 1. The topological polar surface area (TPSA) is 82.6 Å². The molecule has 0 unspecified atom stereocenters. The summed E-state index contributed by atoms with van der Waals surface area (Å²) in [4.78, 5) is 20.8. The van der Waals surface area contributed by atoms with E-state index in [1.165, 1.54) is 0 Å². The second-order valence-electron chi connectivity index (χ2n) is 5.90. The number of rotatable bonds is 8. The number of carbonyl (C=O) groups excluding carboxylic acids is 1. The van der Waals surface area contributed by atoms with Crippen LogP contribution in [0.2, 0.25) is 0 Å². The summed E-state index contributed by atoms with van der Waals surface area (Å²) in [5.41, 5.74) is 1.98. The molecule has 3 rings (SSSR count). The first-order valence-electron chi connectivity index (χ1n) is 8.75. The maximum Gasteiger partial charge on any atom is 0.321 e. The van der Waals surface area contributed by atoms with Gasteiger partial charge in [-0.25, -0.2) is 9.97 Å². The highest BCUT2D eigenvalue weighted by Crippen LogP contribution is 2.26. The third kappa shape index (κ3) is 5.05. The van der Waals surface area contributed by atoms with Crippen molar-refractivity contribution in [2.75, 3.05) is 25.6 Å². The molecule has 1 aromatic heterocycles. The Bertz CT molecular complexity index is 932. The van der Waals surface area contributed by atoms with Crippen LogP contribution in [0, 0.1) is 6.92 Å². The largest absolute Gasteiger partial charge is 0.490 e. The van der Waals surface area contributed by atoms with Crippen LogP contribution in [0.3, 0.4) is 0 Å². The Morgan fingerprint density at radius 3 is 2.57 bits per heavy atom. The summed E-state index contributed by atoms with van der Waals surface area (Å²) in [6, 6.07) is 14.4. The highest BCUT2D eigenvalue weighted by molar-refractivity contribution is 6.06. The van der Waals surface area contributed by atoms with Crippen molar-refractivity contribution in [2.45, 2.75) is 6.92 Å². The van der Waals surface area contributed by atoms with Crippen molar-refractivity contribution in [3.8, 4) is 17.5 Å². The Morgan fingerprint density at radius 2 is 1.82 bits per heavy atom. The van der Waals surface area contributed by atoms with E-state index in [4.69, 9.17) is 14.2 Å². The molecule has 0 radical (unpaired) electrons. The van der Waals surface area contributed by atoms with Crippen molar-refractivity contribution in [2.24, 2.45) is 0 Å². The molecule has 0 saturated heterocycles. The smallest absolute Gasteiger partial charge is 0.321 e. The molecule has 144 valence electrons. The lowest BCUT2D eigenvalue weighted by atomic mass is 10.1. The number of nitrogens with one attached hydrogen (secondary N) is 1. The highest BCUT2D eigenvalue weighted by atomic mass is 16.5. The van der Waals surface area contributed by atoms with Crippen molar-refractivity contribution in [3.05, 3.63) is 72.1 Å². The van der Waals surface area contributed by atoms with E-state index >= 15 is 0 Å². The number of aryl methyl sites for hydroxylation is 1. The van der Waals surface area contributed by atoms with E-state index in [0.717, 1.165) is 5.56 Å². The summed E-state index contributed by atoms with van der Waals surface area (Å²) in [5.74, 6) is 0.844. The number of anilines is 1. The molecule has 3 aromatic rings. The molecule has 1 N–H and O–H groups in total. The molecule has 1 amide bonds. The van der Waals surface area contributed by atoms with E-state index in [2.05, 4.69) is 15.3 Å². The summed E-state index contributed by atoms with van der Waals surface area (Å²) in [6.45, 7) is 2.70. The third-order valence-electron chi connectivity index (χ3n) is 3.87. The average molecular weight is 379 g/mol. The van der Waals surface area contributed by atoms with E-state index in [-0.39, 0.29) is 11.9 Å². The van der Waals surface area contributed by atoms with Crippen LogP contribution >= 0.6 is 0 Å². The summed E-state index contributed by atoms with van der Waals surface area (Å²) in [7, 11) is 1.60. The lowest BCUT2D eigenvalue weighted by Gasteiger charge is -2.13.